The van der Waals surface area contributed by atoms with Crippen LogP contribution in [0.25, 0.3) is 0 Å². The number of hydrogen-bond acceptors (Lipinski definition) is 3. The minimum Gasteiger partial charge on any atom is -0.370 e. The van der Waals surface area contributed by atoms with E-state index >= 15 is 0 Å². The second kappa shape index (κ2) is 6.96. The highest BCUT2D eigenvalue weighted by molar-refractivity contribution is 7.92. The first-order valence-corrected chi connectivity index (χ1v) is 8.07. The van der Waals surface area contributed by atoms with Gasteiger partial charge in [-0.25, -0.2) is 17.8 Å². The van der Waals surface area contributed by atoms with E-state index in [1.54, 1.807) is 12.1 Å². The molecule has 0 spiro atoms. The molecular formula is C14H15FN6O2S. The van der Waals surface area contributed by atoms with Gasteiger partial charge >= 0.3 is 0 Å². The maximum atomic E-state index is 12.9. The second-order valence-corrected chi connectivity index (χ2v) is 6.30. The summed E-state index contributed by atoms with van der Waals surface area (Å²) in [5.41, 5.74) is 16.5. The number of anilines is 1. The quantitative estimate of drug-likeness (QED) is 0.476. The van der Waals surface area contributed by atoms with Crippen molar-refractivity contribution in [2.45, 2.75) is 4.90 Å². The standard InChI is InChI=1S/C14H15FN6O2S/c15-9-4-6-12(7-5-9)24(22,23)21-11-3-1-2-10(8-11)19-14(18)20-13(16)17/h1-8,21H,(H6,16,17,18,19,20). The van der Waals surface area contributed by atoms with Gasteiger partial charge in [-0.05, 0) is 42.5 Å². The Labute approximate surface area is 138 Å². The Balaban J connectivity index is 2.26. The molecule has 2 aromatic rings. The minimum absolute atomic E-state index is 0.0715. The summed E-state index contributed by atoms with van der Waals surface area (Å²) in [7, 11) is -3.86. The Hall–Kier alpha value is -3.14. The summed E-state index contributed by atoms with van der Waals surface area (Å²) in [5, 5.41) is 0. The molecule has 2 rings (SSSR count). The van der Waals surface area contributed by atoms with Gasteiger partial charge in [0.1, 0.15) is 5.82 Å². The van der Waals surface area contributed by atoms with Gasteiger partial charge in [-0.3, -0.25) is 4.72 Å². The van der Waals surface area contributed by atoms with E-state index in [0.29, 0.717) is 5.69 Å². The van der Waals surface area contributed by atoms with Crippen LogP contribution in [-0.2, 0) is 10.0 Å². The third kappa shape index (κ3) is 4.68. The Morgan fingerprint density at radius 2 is 1.71 bits per heavy atom. The predicted molar refractivity (Wildman–Crippen MR) is 90.7 cm³/mol. The number of guanidine groups is 2. The van der Waals surface area contributed by atoms with Crippen molar-refractivity contribution in [2.24, 2.45) is 27.2 Å². The van der Waals surface area contributed by atoms with Crippen LogP contribution in [-0.4, -0.2) is 20.3 Å². The number of nitrogens with one attached hydrogen (secondary N) is 1. The summed E-state index contributed by atoms with van der Waals surface area (Å²) in [5.74, 6) is -0.946. The topological polar surface area (TPSA) is 149 Å². The van der Waals surface area contributed by atoms with Crippen LogP contribution in [0.15, 0.2) is 63.4 Å². The highest BCUT2D eigenvalue weighted by atomic mass is 32.2. The van der Waals surface area contributed by atoms with Crippen molar-refractivity contribution in [1.29, 1.82) is 0 Å². The molecule has 0 heterocycles. The molecule has 0 aliphatic rings. The average Bonchev–Trinajstić information content (AvgIpc) is 2.46. The number of hydrogen-bond donors (Lipinski definition) is 4. The molecule has 7 N–H and O–H groups in total. The molecule has 0 aromatic heterocycles. The van der Waals surface area contributed by atoms with Crippen LogP contribution in [0, 0.1) is 5.82 Å². The van der Waals surface area contributed by atoms with E-state index in [4.69, 9.17) is 17.2 Å². The van der Waals surface area contributed by atoms with Crippen molar-refractivity contribution in [3.8, 4) is 0 Å². The van der Waals surface area contributed by atoms with Crippen molar-refractivity contribution in [2.75, 3.05) is 4.72 Å². The van der Waals surface area contributed by atoms with Crippen LogP contribution < -0.4 is 21.9 Å². The zero-order valence-electron chi connectivity index (χ0n) is 12.3. The molecule has 0 aliphatic carbocycles. The largest absolute Gasteiger partial charge is 0.370 e. The number of sulfonamides is 1. The Kier molecular flexibility index (Phi) is 4.99. The maximum absolute atomic E-state index is 12.9. The van der Waals surface area contributed by atoms with E-state index in [1.807, 2.05) is 0 Å². The van der Waals surface area contributed by atoms with Crippen LogP contribution in [0.1, 0.15) is 0 Å². The van der Waals surface area contributed by atoms with Gasteiger partial charge in [0.2, 0.25) is 5.96 Å². The van der Waals surface area contributed by atoms with Crippen molar-refractivity contribution in [3.63, 3.8) is 0 Å². The SMILES string of the molecule is NC(N)=NC(N)=Nc1cccc(NS(=O)(=O)c2ccc(F)cc2)c1. The Morgan fingerprint density at radius 3 is 2.33 bits per heavy atom. The Bertz CT molecular complexity index is 890. The molecule has 2 aromatic carbocycles. The first-order valence-electron chi connectivity index (χ1n) is 6.58. The fourth-order valence-corrected chi connectivity index (χ4v) is 2.81. The number of benzene rings is 2. The summed E-state index contributed by atoms with van der Waals surface area (Å²) in [6.45, 7) is 0. The number of nitrogens with two attached hydrogens (primary N) is 3. The Morgan fingerprint density at radius 1 is 1.04 bits per heavy atom. The number of aliphatic imine (C=N–C) groups is 2. The number of rotatable bonds is 4. The lowest BCUT2D eigenvalue weighted by Crippen LogP contribution is -2.26. The molecule has 8 nitrogen and oxygen atoms in total. The molecule has 0 atom stereocenters. The van der Waals surface area contributed by atoms with Gasteiger partial charge in [-0.2, -0.15) is 4.99 Å². The van der Waals surface area contributed by atoms with E-state index in [0.717, 1.165) is 24.3 Å². The maximum Gasteiger partial charge on any atom is 0.261 e. The lowest BCUT2D eigenvalue weighted by atomic mass is 10.3. The fraction of sp³-hybridized carbons (Fsp3) is 0. The highest BCUT2D eigenvalue weighted by Crippen LogP contribution is 2.21. The number of nitrogens with zero attached hydrogens (tertiary/aromatic N) is 2. The molecule has 0 fully saturated rings. The van der Waals surface area contributed by atoms with Crippen molar-refractivity contribution < 1.29 is 12.8 Å². The van der Waals surface area contributed by atoms with Crippen molar-refractivity contribution in [3.05, 3.63) is 54.3 Å². The summed E-state index contributed by atoms with van der Waals surface area (Å²) in [6, 6.07) is 10.6. The molecule has 0 amide bonds. The lowest BCUT2D eigenvalue weighted by molar-refractivity contribution is 0.599. The van der Waals surface area contributed by atoms with Gasteiger partial charge in [0.05, 0.1) is 16.3 Å². The normalized spacial score (nSPS) is 11.8. The van der Waals surface area contributed by atoms with E-state index in [9.17, 15) is 12.8 Å². The van der Waals surface area contributed by atoms with E-state index in [1.165, 1.54) is 12.1 Å². The number of halogens is 1. The van der Waals surface area contributed by atoms with Crippen molar-refractivity contribution >= 4 is 33.3 Å². The summed E-state index contributed by atoms with van der Waals surface area (Å²) >= 11 is 0. The van der Waals surface area contributed by atoms with Gasteiger partial charge in [0, 0.05) is 0 Å². The van der Waals surface area contributed by atoms with Gasteiger partial charge in [0.15, 0.2) is 5.96 Å². The monoisotopic (exact) mass is 350 g/mol. The lowest BCUT2D eigenvalue weighted by Gasteiger charge is -2.08. The van der Waals surface area contributed by atoms with Crippen LogP contribution in [0.2, 0.25) is 0 Å². The van der Waals surface area contributed by atoms with Gasteiger partial charge in [-0.15, -0.1) is 0 Å². The van der Waals surface area contributed by atoms with Gasteiger partial charge < -0.3 is 17.2 Å². The summed E-state index contributed by atoms with van der Waals surface area (Å²) in [6.07, 6.45) is 0. The van der Waals surface area contributed by atoms with E-state index in [-0.39, 0.29) is 22.5 Å². The van der Waals surface area contributed by atoms with Crippen LogP contribution >= 0.6 is 0 Å². The van der Waals surface area contributed by atoms with Crippen LogP contribution in [0.4, 0.5) is 15.8 Å². The van der Waals surface area contributed by atoms with Crippen molar-refractivity contribution in [1.82, 2.24) is 0 Å². The third-order valence-corrected chi connectivity index (χ3v) is 4.11. The molecule has 0 bridgehead atoms. The zero-order valence-corrected chi connectivity index (χ0v) is 13.2. The smallest absolute Gasteiger partial charge is 0.261 e. The predicted octanol–water partition coefficient (Wildman–Crippen LogP) is 0.846. The summed E-state index contributed by atoms with van der Waals surface area (Å²) in [4.78, 5) is 7.42. The molecule has 0 unspecified atom stereocenters. The molecule has 0 saturated carbocycles. The second-order valence-electron chi connectivity index (χ2n) is 4.62. The molecular weight excluding hydrogens is 335 g/mol. The fourth-order valence-electron chi connectivity index (χ4n) is 1.76. The average molecular weight is 350 g/mol. The van der Waals surface area contributed by atoms with Crippen LogP contribution in [0.3, 0.4) is 0 Å². The molecule has 126 valence electrons. The molecule has 0 radical (unpaired) electrons. The third-order valence-electron chi connectivity index (χ3n) is 2.71. The minimum atomic E-state index is -3.86. The zero-order chi connectivity index (χ0) is 17.7. The van der Waals surface area contributed by atoms with Gasteiger partial charge in [-0.1, -0.05) is 6.07 Å². The highest BCUT2D eigenvalue weighted by Gasteiger charge is 2.14. The molecule has 10 heteroatoms. The summed E-state index contributed by atoms with van der Waals surface area (Å²) < 4.78 is 39.7. The van der Waals surface area contributed by atoms with Crippen LogP contribution in [0.5, 0.6) is 0 Å². The van der Waals surface area contributed by atoms with E-state index < -0.39 is 15.8 Å². The van der Waals surface area contributed by atoms with Gasteiger partial charge in [0.25, 0.3) is 10.0 Å². The first kappa shape index (κ1) is 17.2. The molecule has 0 aliphatic heterocycles. The molecule has 0 saturated heterocycles. The first-order chi connectivity index (χ1) is 11.3. The molecule has 24 heavy (non-hydrogen) atoms. The van der Waals surface area contributed by atoms with E-state index in [2.05, 4.69) is 14.7 Å².